The Hall–Kier alpha value is -4.71. The zero-order valence-electron chi connectivity index (χ0n) is 49.0. The first kappa shape index (κ1) is 71.3. The second kappa shape index (κ2) is 62.8. The van der Waals surface area contributed by atoms with Crippen LogP contribution in [0.25, 0.3) is 0 Å². The lowest BCUT2D eigenvalue weighted by Gasteiger charge is -2.18. The van der Waals surface area contributed by atoms with E-state index in [1.54, 1.807) is 0 Å². The maximum Gasteiger partial charge on any atom is 0.306 e. The van der Waals surface area contributed by atoms with Crippen LogP contribution in [0, 0.1) is 0 Å². The fourth-order valence-electron chi connectivity index (χ4n) is 8.04. The van der Waals surface area contributed by atoms with Gasteiger partial charge in [-0.2, -0.15) is 0 Å². The van der Waals surface area contributed by atoms with Crippen LogP contribution in [0.4, 0.5) is 0 Å². The standard InChI is InChI=1S/C70H112O6/c1-4-7-10-13-16-19-22-25-28-30-32-34-35-37-38-40-42-45-48-51-54-57-60-63-69(72)75-66-67(65-74-68(71)62-59-56-53-50-47-44-27-24-21-18-15-12-9-6-3)76-70(73)64-61-58-55-52-49-46-43-41-39-36-33-31-29-26-23-20-17-14-11-8-5-2/h7-8,10-11,16-17,19-20,25-26,28-29,32-34,36-38,41-43,45,49,52,67H,4-6,9,12-15,18,21-24,27,30-31,35,39-40,44,46-48,50-51,53-66H2,1-3H3/b10-7-,11-8-,19-16-,20-17-,28-25-,29-26-,34-32-,36-33-,38-37-,43-41-,45-42-,52-49-. The highest BCUT2D eigenvalue weighted by Gasteiger charge is 2.19. The van der Waals surface area contributed by atoms with Crippen LogP contribution >= 0.6 is 0 Å². The van der Waals surface area contributed by atoms with Crippen molar-refractivity contribution >= 4 is 17.9 Å². The van der Waals surface area contributed by atoms with Gasteiger partial charge >= 0.3 is 17.9 Å². The van der Waals surface area contributed by atoms with Crippen molar-refractivity contribution in [3.05, 3.63) is 146 Å². The summed E-state index contributed by atoms with van der Waals surface area (Å²) in [6.07, 6.45) is 89.8. The molecule has 428 valence electrons. The van der Waals surface area contributed by atoms with E-state index in [2.05, 4.69) is 167 Å². The molecule has 0 heterocycles. The van der Waals surface area contributed by atoms with Crippen LogP contribution in [0.3, 0.4) is 0 Å². The number of carbonyl (C=O) groups is 3. The van der Waals surface area contributed by atoms with Crippen LogP contribution in [0.15, 0.2) is 146 Å². The summed E-state index contributed by atoms with van der Waals surface area (Å²) in [6.45, 7) is 6.36. The van der Waals surface area contributed by atoms with Gasteiger partial charge in [-0.3, -0.25) is 14.4 Å². The van der Waals surface area contributed by atoms with Crippen LogP contribution < -0.4 is 0 Å². The fourth-order valence-corrected chi connectivity index (χ4v) is 8.04. The summed E-state index contributed by atoms with van der Waals surface area (Å²) in [5, 5.41) is 0. The van der Waals surface area contributed by atoms with Crippen molar-refractivity contribution in [2.45, 2.75) is 264 Å². The summed E-state index contributed by atoms with van der Waals surface area (Å²) >= 11 is 0. The van der Waals surface area contributed by atoms with Crippen LogP contribution in [-0.4, -0.2) is 37.2 Å². The van der Waals surface area contributed by atoms with Crippen LogP contribution in [-0.2, 0) is 28.6 Å². The van der Waals surface area contributed by atoms with Gasteiger partial charge in [0.25, 0.3) is 0 Å². The number of unbranched alkanes of at least 4 members (excludes halogenated alkanes) is 19. The molecule has 0 bridgehead atoms. The van der Waals surface area contributed by atoms with E-state index in [1.165, 1.54) is 70.6 Å². The second-order valence-electron chi connectivity index (χ2n) is 19.9. The molecule has 6 nitrogen and oxygen atoms in total. The fraction of sp³-hybridized carbons (Fsp3) is 0.614. The average molecular weight is 1050 g/mol. The average Bonchev–Trinajstić information content (AvgIpc) is 3.42. The Labute approximate surface area is 467 Å². The molecule has 0 aliphatic carbocycles. The van der Waals surface area contributed by atoms with Crippen LogP contribution in [0.5, 0.6) is 0 Å². The highest BCUT2D eigenvalue weighted by atomic mass is 16.6. The summed E-state index contributed by atoms with van der Waals surface area (Å²) in [5.41, 5.74) is 0. The Morgan fingerprint density at radius 3 is 0.829 bits per heavy atom. The third kappa shape index (κ3) is 60.2. The van der Waals surface area contributed by atoms with Crippen LogP contribution in [0.2, 0.25) is 0 Å². The summed E-state index contributed by atoms with van der Waals surface area (Å²) in [6, 6.07) is 0. The SMILES string of the molecule is CC/C=C\C/C=C\C/C=C\C/C=C\C/C=C\C/C=C\CCCCCCC(=O)OCC(COC(=O)CCCCCCCCCCCCCCCC)OC(=O)CCCC/C=C\C/C=C\C/C=C\C/C=C\C/C=C\C/C=C\CC. The molecule has 0 saturated heterocycles. The van der Waals surface area contributed by atoms with Gasteiger partial charge in [0, 0.05) is 19.3 Å². The maximum absolute atomic E-state index is 12.9. The van der Waals surface area contributed by atoms with Crippen molar-refractivity contribution in [1.29, 1.82) is 0 Å². The minimum absolute atomic E-state index is 0.108. The van der Waals surface area contributed by atoms with Gasteiger partial charge in [0.2, 0.25) is 0 Å². The first-order valence-corrected chi connectivity index (χ1v) is 30.8. The Bertz CT molecular complexity index is 1680. The summed E-state index contributed by atoms with van der Waals surface area (Å²) in [4.78, 5) is 38.3. The first-order valence-electron chi connectivity index (χ1n) is 30.8. The van der Waals surface area contributed by atoms with Gasteiger partial charge in [0.1, 0.15) is 13.2 Å². The monoisotopic (exact) mass is 1050 g/mol. The molecule has 0 aliphatic rings. The number of hydrogen-bond acceptors (Lipinski definition) is 6. The van der Waals surface area contributed by atoms with E-state index in [4.69, 9.17) is 14.2 Å². The molecule has 1 unspecified atom stereocenters. The van der Waals surface area contributed by atoms with E-state index in [0.717, 1.165) is 141 Å². The lowest BCUT2D eigenvalue weighted by Crippen LogP contribution is -2.30. The predicted molar refractivity (Wildman–Crippen MR) is 329 cm³/mol. The smallest absolute Gasteiger partial charge is 0.306 e. The van der Waals surface area contributed by atoms with E-state index in [1.807, 2.05) is 0 Å². The van der Waals surface area contributed by atoms with Gasteiger partial charge in [0.15, 0.2) is 6.10 Å². The van der Waals surface area contributed by atoms with Crippen molar-refractivity contribution < 1.29 is 28.6 Å². The molecule has 0 aromatic carbocycles. The molecule has 0 fully saturated rings. The van der Waals surface area contributed by atoms with E-state index < -0.39 is 6.10 Å². The summed E-state index contributed by atoms with van der Waals surface area (Å²) in [5.74, 6) is -0.978. The van der Waals surface area contributed by atoms with Gasteiger partial charge in [-0.05, 0) is 122 Å². The Kier molecular flexibility index (Phi) is 58.9. The number of carbonyl (C=O) groups excluding carboxylic acids is 3. The number of rotatable bonds is 54. The molecule has 76 heavy (non-hydrogen) atoms. The van der Waals surface area contributed by atoms with Crippen molar-refractivity contribution in [2.24, 2.45) is 0 Å². The number of ether oxygens (including phenoxy) is 3. The second-order valence-corrected chi connectivity index (χ2v) is 19.9. The lowest BCUT2D eigenvalue weighted by molar-refractivity contribution is -0.167. The summed E-state index contributed by atoms with van der Waals surface area (Å²) < 4.78 is 16.9. The molecule has 1 atom stereocenters. The maximum atomic E-state index is 12.9. The van der Waals surface area contributed by atoms with Crippen molar-refractivity contribution in [2.75, 3.05) is 13.2 Å². The molecular formula is C70H112O6. The van der Waals surface area contributed by atoms with E-state index in [9.17, 15) is 14.4 Å². The molecule has 0 aromatic heterocycles. The molecule has 0 saturated carbocycles. The normalized spacial score (nSPS) is 13.1. The number of esters is 3. The zero-order valence-corrected chi connectivity index (χ0v) is 49.0. The van der Waals surface area contributed by atoms with Gasteiger partial charge in [-0.15, -0.1) is 0 Å². The third-order valence-corrected chi connectivity index (χ3v) is 12.6. The molecular weight excluding hydrogens is 937 g/mol. The van der Waals surface area contributed by atoms with Gasteiger partial charge in [-0.25, -0.2) is 0 Å². The van der Waals surface area contributed by atoms with E-state index >= 15 is 0 Å². The van der Waals surface area contributed by atoms with Gasteiger partial charge in [-0.1, -0.05) is 263 Å². The molecule has 0 spiro atoms. The third-order valence-electron chi connectivity index (χ3n) is 12.6. The highest BCUT2D eigenvalue weighted by Crippen LogP contribution is 2.15. The first-order chi connectivity index (χ1) is 37.5. The van der Waals surface area contributed by atoms with Crippen LogP contribution in [0.1, 0.15) is 258 Å². The van der Waals surface area contributed by atoms with Gasteiger partial charge in [0.05, 0.1) is 0 Å². The largest absolute Gasteiger partial charge is 0.462 e. The van der Waals surface area contributed by atoms with E-state index in [-0.39, 0.29) is 37.5 Å². The quantitative estimate of drug-likeness (QED) is 0.0261. The van der Waals surface area contributed by atoms with Crippen molar-refractivity contribution in [3.8, 4) is 0 Å². The topological polar surface area (TPSA) is 78.9 Å². The Morgan fingerprint density at radius 2 is 0.513 bits per heavy atom. The molecule has 0 aliphatic heterocycles. The molecule has 0 rings (SSSR count). The molecule has 0 N–H and O–H groups in total. The Balaban J connectivity index is 4.53. The zero-order chi connectivity index (χ0) is 55.0. The van der Waals surface area contributed by atoms with Gasteiger partial charge < -0.3 is 14.2 Å². The van der Waals surface area contributed by atoms with Crippen molar-refractivity contribution in [3.63, 3.8) is 0 Å². The Morgan fingerprint density at radius 1 is 0.276 bits per heavy atom. The van der Waals surface area contributed by atoms with Crippen molar-refractivity contribution in [1.82, 2.24) is 0 Å². The summed E-state index contributed by atoms with van der Waals surface area (Å²) in [7, 11) is 0. The lowest BCUT2D eigenvalue weighted by atomic mass is 10.0. The van der Waals surface area contributed by atoms with E-state index in [0.29, 0.717) is 19.3 Å². The molecule has 0 aromatic rings. The molecule has 6 heteroatoms. The molecule has 0 radical (unpaired) electrons. The minimum atomic E-state index is -0.818. The highest BCUT2D eigenvalue weighted by molar-refractivity contribution is 5.71. The number of hydrogen-bond donors (Lipinski definition) is 0. The number of allylic oxidation sites excluding steroid dienone is 24. The minimum Gasteiger partial charge on any atom is -0.462 e. The predicted octanol–water partition coefficient (Wildman–Crippen LogP) is 21.2. The molecule has 0 amide bonds.